The molecule has 1 aromatic rings. The molecule has 69 valence electrons. The van der Waals surface area contributed by atoms with Gasteiger partial charge in [0.05, 0.1) is 4.92 Å². The van der Waals surface area contributed by atoms with E-state index in [1.807, 2.05) is 20.8 Å². The maximum absolute atomic E-state index is 10.7. The number of nitrogens with zero attached hydrogens (tertiary/aromatic N) is 1. The van der Waals surface area contributed by atoms with Crippen LogP contribution in [0.15, 0.2) is 18.2 Å². The van der Waals surface area contributed by atoms with Gasteiger partial charge in [0.1, 0.15) is 0 Å². The lowest BCUT2D eigenvalue weighted by Crippen LogP contribution is -2.13. The molecule has 0 bridgehead atoms. The maximum Gasteiger partial charge on any atom is 0.273 e. The van der Waals surface area contributed by atoms with E-state index in [1.54, 1.807) is 12.1 Å². The average molecular weight is 178 g/mol. The van der Waals surface area contributed by atoms with Gasteiger partial charge in [-0.25, -0.2) is 0 Å². The van der Waals surface area contributed by atoms with E-state index < -0.39 is 0 Å². The molecule has 0 atom stereocenters. The van der Waals surface area contributed by atoms with Crippen LogP contribution in [0.5, 0.6) is 0 Å². The molecule has 0 fully saturated rings. The molecule has 0 aliphatic carbocycles. The summed E-state index contributed by atoms with van der Waals surface area (Å²) in [7, 11) is 0. The summed E-state index contributed by atoms with van der Waals surface area (Å²) in [5.41, 5.74) is 0.568. The van der Waals surface area contributed by atoms with Gasteiger partial charge in [-0.05, 0) is 11.5 Å². The minimum Gasteiger partial charge on any atom is -0.258 e. The molecular formula is C10H12NO2. The molecule has 0 saturated heterocycles. The van der Waals surface area contributed by atoms with Crippen molar-refractivity contribution in [1.29, 1.82) is 0 Å². The van der Waals surface area contributed by atoms with E-state index in [2.05, 4.69) is 6.07 Å². The number of nitro groups is 1. The van der Waals surface area contributed by atoms with Crippen LogP contribution in [0.25, 0.3) is 0 Å². The lowest BCUT2D eigenvalue weighted by molar-refractivity contribution is -0.386. The third-order valence-corrected chi connectivity index (χ3v) is 1.78. The molecule has 1 radical (unpaired) electrons. The van der Waals surface area contributed by atoms with E-state index in [0.29, 0.717) is 5.56 Å². The molecule has 1 rings (SSSR count). The van der Waals surface area contributed by atoms with E-state index in [0.717, 1.165) is 0 Å². The van der Waals surface area contributed by atoms with Crippen molar-refractivity contribution in [3.8, 4) is 0 Å². The minimum atomic E-state index is -0.364. The summed E-state index contributed by atoms with van der Waals surface area (Å²) in [6.07, 6.45) is 0. The van der Waals surface area contributed by atoms with E-state index in [1.165, 1.54) is 6.07 Å². The maximum atomic E-state index is 10.7. The number of nitro benzene ring substituents is 1. The Hall–Kier alpha value is -1.38. The first-order valence-corrected chi connectivity index (χ1v) is 4.08. The molecule has 0 aromatic heterocycles. The highest BCUT2D eigenvalue weighted by Crippen LogP contribution is 2.29. The lowest BCUT2D eigenvalue weighted by atomic mass is 9.86. The van der Waals surface area contributed by atoms with Crippen molar-refractivity contribution in [2.75, 3.05) is 0 Å². The molecule has 0 heterocycles. The summed E-state index contributed by atoms with van der Waals surface area (Å²) in [6.45, 7) is 5.81. The van der Waals surface area contributed by atoms with Gasteiger partial charge >= 0.3 is 0 Å². The van der Waals surface area contributed by atoms with Crippen molar-refractivity contribution in [3.63, 3.8) is 0 Å². The van der Waals surface area contributed by atoms with Crippen LogP contribution < -0.4 is 0 Å². The molecule has 3 nitrogen and oxygen atoms in total. The van der Waals surface area contributed by atoms with Crippen molar-refractivity contribution in [1.82, 2.24) is 0 Å². The van der Waals surface area contributed by atoms with Crippen molar-refractivity contribution in [3.05, 3.63) is 39.9 Å². The van der Waals surface area contributed by atoms with Gasteiger partial charge < -0.3 is 0 Å². The SMILES string of the molecule is CC(C)(C)c1[c]cccc1[N+](=O)[O-]. The molecule has 1 aromatic carbocycles. The topological polar surface area (TPSA) is 43.1 Å². The Bertz CT molecular complexity index is 326. The highest BCUT2D eigenvalue weighted by Gasteiger charge is 2.23. The fourth-order valence-corrected chi connectivity index (χ4v) is 1.18. The average Bonchev–Trinajstić information content (AvgIpc) is 2.03. The summed E-state index contributed by atoms with van der Waals surface area (Å²) < 4.78 is 0. The highest BCUT2D eigenvalue weighted by atomic mass is 16.6. The van der Waals surface area contributed by atoms with Crippen molar-refractivity contribution in [2.24, 2.45) is 0 Å². The lowest BCUT2D eigenvalue weighted by Gasteiger charge is -2.17. The van der Waals surface area contributed by atoms with Gasteiger partial charge in [0.2, 0.25) is 0 Å². The van der Waals surface area contributed by atoms with Gasteiger partial charge in [-0.3, -0.25) is 10.1 Å². The Balaban J connectivity index is 3.28. The monoisotopic (exact) mass is 178 g/mol. The quantitative estimate of drug-likeness (QED) is 0.490. The van der Waals surface area contributed by atoms with Gasteiger partial charge in [0.15, 0.2) is 0 Å². The Morgan fingerprint density at radius 2 is 2.08 bits per heavy atom. The van der Waals surface area contributed by atoms with Gasteiger partial charge in [0.25, 0.3) is 5.69 Å². The molecule has 0 saturated carbocycles. The first-order chi connectivity index (χ1) is 5.93. The zero-order valence-electron chi connectivity index (χ0n) is 8.00. The van der Waals surface area contributed by atoms with Gasteiger partial charge in [-0.15, -0.1) is 0 Å². The Kier molecular flexibility index (Phi) is 2.36. The third-order valence-electron chi connectivity index (χ3n) is 1.78. The standard InChI is InChI=1S/C10H12NO2/c1-10(2,3)8-6-4-5-7-9(8)11(12)13/h4-5,7H,1-3H3. The Morgan fingerprint density at radius 3 is 2.46 bits per heavy atom. The van der Waals surface area contributed by atoms with E-state index in [-0.39, 0.29) is 16.0 Å². The molecule has 0 unspecified atom stereocenters. The number of hydrogen-bond acceptors (Lipinski definition) is 2. The van der Waals surface area contributed by atoms with Crippen LogP contribution in [0.2, 0.25) is 0 Å². The van der Waals surface area contributed by atoms with Crippen LogP contribution in [-0.4, -0.2) is 4.92 Å². The Labute approximate surface area is 77.5 Å². The molecule has 0 aliphatic rings. The van der Waals surface area contributed by atoms with Crippen molar-refractivity contribution >= 4 is 5.69 Å². The Morgan fingerprint density at radius 1 is 1.46 bits per heavy atom. The fraction of sp³-hybridized carbons (Fsp3) is 0.400. The molecular weight excluding hydrogens is 166 g/mol. The molecule has 0 spiro atoms. The minimum absolute atomic E-state index is 0.148. The largest absolute Gasteiger partial charge is 0.273 e. The smallest absolute Gasteiger partial charge is 0.258 e. The van der Waals surface area contributed by atoms with Crippen LogP contribution in [0, 0.1) is 16.2 Å². The van der Waals surface area contributed by atoms with E-state index >= 15 is 0 Å². The first kappa shape index (κ1) is 9.71. The summed E-state index contributed by atoms with van der Waals surface area (Å²) in [5.74, 6) is 0. The predicted octanol–water partition coefficient (Wildman–Crippen LogP) is 2.69. The number of hydrogen-bond donors (Lipinski definition) is 0. The summed E-state index contributed by atoms with van der Waals surface area (Å²) in [4.78, 5) is 10.3. The van der Waals surface area contributed by atoms with E-state index in [9.17, 15) is 10.1 Å². The normalized spacial score (nSPS) is 11.3. The van der Waals surface area contributed by atoms with Crippen LogP contribution in [0.3, 0.4) is 0 Å². The first-order valence-electron chi connectivity index (χ1n) is 4.08. The summed E-state index contributed by atoms with van der Waals surface area (Å²) >= 11 is 0. The zero-order valence-corrected chi connectivity index (χ0v) is 8.00. The molecule has 0 amide bonds. The van der Waals surface area contributed by atoms with Gasteiger partial charge in [-0.1, -0.05) is 32.9 Å². The molecule has 3 heteroatoms. The van der Waals surface area contributed by atoms with Gasteiger partial charge in [0, 0.05) is 11.6 Å². The van der Waals surface area contributed by atoms with Crippen molar-refractivity contribution in [2.45, 2.75) is 26.2 Å². The highest BCUT2D eigenvalue weighted by molar-refractivity contribution is 5.43. The second-order valence-electron chi connectivity index (χ2n) is 3.94. The van der Waals surface area contributed by atoms with Crippen molar-refractivity contribution < 1.29 is 4.92 Å². The summed E-state index contributed by atoms with van der Waals surface area (Å²) in [6, 6.07) is 7.76. The predicted molar refractivity (Wildman–Crippen MR) is 50.6 cm³/mol. The fourth-order valence-electron chi connectivity index (χ4n) is 1.18. The molecule has 13 heavy (non-hydrogen) atoms. The third kappa shape index (κ3) is 2.05. The van der Waals surface area contributed by atoms with Crippen LogP contribution in [0.1, 0.15) is 26.3 Å². The van der Waals surface area contributed by atoms with Gasteiger partial charge in [-0.2, -0.15) is 0 Å². The molecule has 0 N–H and O–H groups in total. The zero-order chi connectivity index (χ0) is 10.1. The van der Waals surface area contributed by atoms with Crippen LogP contribution in [-0.2, 0) is 5.41 Å². The number of benzene rings is 1. The van der Waals surface area contributed by atoms with Crippen LogP contribution >= 0.6 is 0 Å². The second kappa shape index (κ2) is 3.17. The summed E-state index contributed by atoms with van der Waals surface area (Å²) in [5, 5.41) is 10.7. The van der Waals surface area contributed by atoms with E-state index in [4.69, 9.17) is 0 Å². The molecule has 0 aliphatic heterocycles. The number of rotatable bonds is 1. The second-order valence-corrected chi connectivity index (χ2v) is 3.94. The van der Waals surface area contributed by atoms with Crippen LogP contribution in [0.4, 0.5) is 5.69 Å².